The first-order valence-corrected chi connectivity index (χ1v) is 8.83. The molecule has 3 rings (SSSR count). The van der Waals surface area contributed by atoms with Crippen molar-refractivity contribution in [1.29, 1.82) is 0 Å². The zero-order chi connectivity index (χ0) is 14.2. The Morgan fingerprint density at radius 1 is 1.35 bits per heavy atom. The molecule has 1 fully saturated rings. The molecule has 2 aliphatic rings. The highest BCUT2D eigenvalue weighted by Crippen LogP contribution is 2.33. The molecule has 1 unspecified atom stereocenters. The molecule has 1 atom stereocenters. The molecule has 0 radical (unpaired) electrons. The minimum absolute atomic E-state index is 0.252. The third kappa shape index (κ3) is 2.44. The summed E-state index contributed by atoms with van der Waals surface area (Å²) >= 11 is 0. The molecule has 0 bridgehead atoms. The first-order valence-electron chi connectivity index (χ1n) is 7.18. The van der Waals surface area contributed by atoms with Crippen LogP contribution in [0, 0.1) is 0 Å². The number of rotatable bonds is 3. The van der Waals surface area contributed by atoms with E-state index < -0.39 is 14.6 Å². The highest BCUT2D eigenvalue weighted by molar-refractivity contribution is 7.93. The van der Waals surface area contributed by atoms with Gasteiger partial charge in [0, 0.05) is 6.54 Å². The lowest BCUT2D eigenvalue weighted by Gasteiger charge is -2.24. The molecular formula is C15H21NO3S. The lowest BCUT2D eigenvalue weighted by atomic mass is 10.0. The SMILES string of the molecule is CC1(COc2ccc3c(c2)CNCC3)CCCS1(=O)=O. The van der Waals surface area contributed by atoms with Crippen LogP contribution in [0.4, 0.5) is 0 Å². The molecule has 1 saturated heterocycles. The molecule has 5 heteroatoms. The lowest BCUT2D eigenvalue weighted by Crippen LogP contribution is -2.37. The van der Waals surface area contributed by atoms with Crippen LogP contribution >= 0.6 is 0 Å². The van der Waals surface area contributed by atoms with Crippen molar-refractivity contribution in [2.45, 2.75) is 37.5 Å². The number of benzene rings is 1. The second-order valence-electron chi connectivity index (χ2n) is 6.02. The first-order chi connectivity index (χ1) is 9.50. The molecule has 1 aromatic rings. The van der Waals surface area contributed by atoms with Crippen LogP contribution in [0.25, 0.3) is 0 Å². The smallest absolute Gasteiger partial charge is 0.159 e. The Bertz CT molecular complexity index is 612. The molecule has 0 aromatic heterocycles. The van der Waals surface area contributed by atoms with Crippen LogP contribution in [-0.4, -0.2) is 32.1 Å². The molecule has 1 aromatic carbocycles. The van der Waals surface area contributed by atoms with Crippen LogP contribution in [0.15, 0.2) is 18.2 Å². The minimum atomic E-state index is -3.01. The average Bonchev–Trinajstić information content (AvgIpc) is 2.71. The second-order valence-corrected chi connectivity index (χ2v) is 8.64. The minimum Gasteiger partial charge on any atom is -0.492 e. The Balaban J connectivity index is 1.73. The van der Waals surface area contributed by atoms with Crippen molar-refractivity contribution in [1.82, 2.24) is 5.32 Å². The number of nitrogens with one attached hydrogen (secondary N) is 1. The van der Waals surface area contributed by atoms with Gasteiger partial charge in [-0.05, 0) is 56.0 Å². The summed E-state index contributed by atoms with van der Waals surface area (Å²) in [6.45, 7) is 3.93. The number of fused-ring (bicyclic) bond motifs is 1. The maximum absolute atomic E-state index is 12.0. The summed E-state index contributed by atoms with van der Waals surface area (Å²) in [7, 11) is -3.01. The summed E-state index contributed by atoms with van der Waals surface area (Å²) in [6.07, 6.45) is 2.49. The van der Waals surface area contributed by atoms with Gasteiger partial charge in [0.2, 0.25) is 0 Å². The van der Waals surface area contributed by atoms with Crippen molar-refractivity contribution in [3.63, 3.8) is 0 Å². The van der Waals surface area contributed by atoms with E-state index in [9.17, 15) is 8.42 Å². The number of hydrogen-bond acceptors (Lipinski definition) is 4. The van der Waals surface area contributed by atoms with Gasteiger partial charge in [0.05, 0.1) is 5.75 Å². The van der Waals surface area contributed by atoms with E-state index in [4.69, 9.17) is 4.74 Å². The van der Waals surface area contributed by atoms with Crippen molar-refractivity contribution in [3.8, 4) is 5.75 Å². The molecule has 110 valence electrons. The Morgan fingerprint density at radius 2 is 2.20 bits per heavy atom. The fourth-order valence-electron chi connectivity index (χ4n) is 2.98. The number of hydrogen-bond donors (Lipinski definition) is 1. The van der Waals surface area contributed by atoms with E-state index >= 15 is 0 Å². The van der Waals surface area contributed by atoms with Crippen molar-refractivity contribution in [2.75, 3.05) is 18.9 Å². The summed E-state index contributed by atoms with van der Waals surface area (Å²) in [5, 5.41) is 3.33. The van der Waals surface area contributed by atoms with E-state index in [1.807, 2.05) is 12.1 Å². The quantitative estimate of drug-likeness (QED) is 0.922. The van der Waals surface area contributed by atoms with Gasteiger partial charge in [0.25, 0.3) is 0 Å². The highest BCUT2D eigenvalue weighted by Gasteiger charge is 2.44. The van der Waals surface area contributed by atoms with Gasteiger partial charge in [-0.1, -0.05) is 6.07 Å². The standard InChI is InChI=1S/C15H21NO3S/c1-15(6-2-8-20(15,17)18)11-19-14-4-3-12-5-7-16-10-13(12)9-14/h3-4,9,16H,2,5-8,10-11H2,1H3. The van der Waals surface area contributed by atoms with Crippen LogP contribution in [0.2, 0.25) is 0 Å². The van der Waals surface area contributed by atoms with E-state index in [0.29, 0.717) is 12.2 Å². The lowest BCUT2D eigenvalue weighted by molar-refractivity contribution is 0.269. The van der Waals surface area contributed by atoms with Gasteiger partial charge in [-0.2, -0.15) is 0 Å². The first kappa shape index (κ1) is 13.9. The van der Waals surface area contributed by atoms with Crippen LogP contribution in [0.1, 0.15) is 30.9 Å². The summed E-state index contributed by atoms with van der Waals surface area (Å²) in [5.41, 5.74) is 2.61. The Kier molecular flexibility index (Phi) is 3.50. The van der Waals surface area contributed by atoms with Crippen molar-refractivity contribution in [2.24, 2.45) is 0 Å². The third-order valence-electron chi connectivity index (χ3n) is 4.48. The largest absolute Gasteiger partial charge is 0.492 e. The summed E-state index contributed by atoms with van der Waals surface area (Å²) in [4.78, 5) is 0. The van der Waals surface area contributed by atoms with Gasteiger partial charge in [-0.15, -0.1) is 0 Å². The average molecular weight is 295 g/mol. The molecule has 0 saturated carbocycles. The van der Waals surface area contributed by atoms with Gasteiger partial charge in [0.1, 0.15) is 17.1 Å². The topological polar surface area (TPSA) is 55.4 Å². The third-order valence-corrected chi connectivity index (χ3v) is 7.13. The van der Waals surface area contributed by atoms with Crippen LogP contribution in [0.3, 0.4) is 0 Å². The van der Waals surface area contributed by atoms with E-state index in [2.05, 4.69) is 11.4 Å². The van der Waals surface area contributed by atoms with Gasteiger partial charge >= 0.3 is 0 Å². The van der Waals surface area contributed by atoms with E-state index in [0.717, 1.165) is 31.7 Å². The summed E-state index contributed by atoms with van der Waals surface area (Å²) in [6, 6.07) is 6.08. The van der Waals surface area contributed by atoms with Crippen LogP contribution < -0.4 is 10.1 Å². The maximum atomic E-state index is 12.0. The van der Waals surface area contributed by atoms with Gasteiger partial charge in [0.15, 0.2) is 9.84 Å². The fourth-order valence-corrected chi connectivity index (χ4v) is 4.69. The predicted molar refractivity (Wildman–Crippen MR) is 78.8 cm³/mol. The molecule has 1 N–H and O–H groups in total. The predicted octanol–water partition coefficient (Wildman–Crippen LogP) is 1.68. The monoisotopic (exact) mass is 295 g/mol. The Hall–Kier alpha value is -1.07. The molecule has 0 amide bonds. The van der Waals surface area contributed by atoms with Crippen molar-refractivity contribution < 1.29 is 13.2 Å². The van der Waals surface area contributed by atoms with E-state index in [1.54, 1.807) is 6.92 Å². The van der Waals surface area contributed by atoms with Crippen LogP contribution in [-0.2, 0) is 22.8 Å². The molecule has 2 aliphatic heterocycles. The van der Waals surface area contributed by atoms with E-state index in [1.165, 1.54) is 11.1 Å². The normalized spacial score (nSPS) is 28.1. The number of sulfone groups is 1. The summed E-state index contributed by atoms with van der Waals surface area (Å²) in [5.74, 6) is 1.07. The number of ether oxygens (including phenoxy) is 1. The maximum Gasteiger partial charge on any atom is 0.159 e. The van der Waals surface area contributed by atoms with Crippen molar-refractivity contribution >= 4 is 9.84 Å². The molecular weight excluding hydrogens is 274 g/mol. The van der Waals surface area contributed by atoms with Gasteiger partial charge in [-0.25, -0.2) is 8.42 Å². The molecule has 0 spiro atoms. The molecule has 0 aliphatic carbocycles. The second kappa shape index (κ2) is 5.04. The fraction of sp³-hybridized carbons (Fsp3) is 0.600. The van der Waals surface area contributed by atoms with Crippen LogP contribution in [0.5, 0.6) is 5.75 Å². The zero-order valence-electron chi connectivity index (χ0n) is 11.8. The summed E-state index contributed by atoms with van der Waals surface area (Å²) < 4.78 is 29.2. The van der Waals surface area contributed by atoms with Crippen molar-refractivity contribution in [3.05, 3.63) is 29.3 Å². The Labute approximate surface area is 120 Å². The Morgan fingerprint density at radius 3 is 2.95 bits per heavy atom. The molecule has 20 heavy (non-hydrogen) atoms. The van der Waals surface area contributed by atoms with E-state index in [-0.39, 0.29) is 6.61 Å². The zero-order valence-corrected chi connectivity index (χ0v) is 12.6. The molecule has 2 heterocycles. The molecule has 4 nitrogen and oxygen atoms in total. The van der Waals surface area contributed by atoms with Gasteiger partial charge in [-0.3, -0.25) is 0 Å². The van der Waals surface area contributed by atoms with Gasteiger partial charge < -0.3 is 10.1 Å². The highest BCUT2D eigenvalue weighted by atomic mass is 32.2.